The quantitative estimate of drug-likeness (QED) is 0.569. The van der Waals surface area contributed by atoms with Gasteiger partial charge in [0.25, 0.3) is 0 Å². The van der Waals surface area contributed by atoms with Gasteiger partial charge >= 0.3 is 0 Å². The van der Waals surface area contributed by atoms with Crippen LogP contribution >= 0.6 is 0 Å². The molecule has 0 amide bonds. The molecule has 0 spiro atoms. The lowest BCUT2D eigenvalue weighted by Crippen LogP contribution is -2.11. The van der Waals surface area contributed by atoms with E-state index >= 15 is 0 Å². The molecular weight excluding hydrogens is 344 g/mol. The first-order valence-electron chi connectivity index (χ1n) is 9.83. The molecule has 0 radical (unpaired) electrons. The van der Waals surface area contributed by atoms with Crippen LogP contribution in [0, 0.1) is 0 Å². The molecule has 3 nitrogen and oxygen atoms in total. The molecule has 0 saturated carbocycles. The monoisotopic (exact) mass is 368 g/mol. The van der Waals surface area contributed by atoms with Gasteiger partial charge in [-0.1, -0.05) is 36.4 Å². The van der Waals surface area contributed by atoms with Crippen LogP contribution in [-0.2, 0) is 0 Å². The van der Waals surface area contributed by atoms with Gasteiger partial charge in [-0.3, -0.25) is 9.98 Å². The van der Waals surface area contributed by atoms with Gasteiger partial charge in [0.1, 0.15) is 5.75 Å². The minimum atomic E-state index is 0.658. The molecule has 0 fully saturated rings. The summed E-state index contributed by atoms with van der Waals surface area (Å²) in [5.41, 5.74) is 6.89. The summed E-state index contributed by atoms with van der Waals surface area (Å²) in [5.74, 6) is 0.921. The number of pyridine rings is 1. The molecule has 3 heteroatoms. The third-order valence-electron chi connectivity index (χ3n) is 4.84. The second kappa shape index (κ2) is 8.66. The zero-order valence-electron chi connectivity index (χ0n) is 16.1. The molecule has 0 atom stereocenters. The van der Waals surface area contributed by atoms with Gasteiger partial charge < -0.3 is 4.74 Å². The van der Waals surface area contributed by atoms with Gasteiger partial charge in [-0.2, -0.15) is 0 Å². The summed E-state index contributed by atoms with van der Waals surface area (Å²) in [6.07, 6.45) is 8.08. The van der Waals surface area contributed by atoms with E-state index in [4.69, 9.17) is 9.73 Å². The van der Waals surface area contributed by atoms with Crippen LogP contribution in [0.4, 0.5) is 0 Å². The van der Waals surface area contributed by atoms with Crippen molar-refractivity contribution in [2.45, 2.75) is 19.8 Å². The number of rotatable bonds is 5. The summed E-state index contributed by atoms with van der Waals surface area (Å²) in [6, 6.07) is 20.9. The number of nitrogens with zero attached hydrogens (tertiary/aromatic N) is 2. The van der Waals surface area contributed by atoms with Crippen molar-refractivity contribution < 1.29 is 4.74 Å². The van der Waals surface area contributed by atoms with E-state index in [9.17, 15) is 0 Å². The first kappa shape index (κ1) is 18.2. The second-order valence-corrected chi connectivity index (χ2v) is 6.80. The van der Waals surface area contributed by atoms with Crippen LogP contribution in [0.2, 0.25) is 0 Å². The lowest BCUT2D eigenvalue weighted by Gasteiger charge is -2.16. The van der Waals surface area contributed by atoms with Crippen LogP contribution in [0.3, 0.4) is 0 Å². The zero-order valence-corrected chi connectivity index (χ0v) is 16.1. The standard InChI is InChI=1S/C25H24N2O/c1-2-28-24-13-4-3-12-23(24)20-9-5-8-19(16-20)17-21-10-7-15-27-25(21)22-11-6-14-26-18-22/h3-6,8-9,11-14,16-18H,2,7,10,15H2,1H3/b21-17+. The maximum Gasteiger partial charge on any atom is 0.127 e. The van der Waals surface area contributed by atoms with Crippen LogP contribution in [0.1, 0.15) is 30.9 Å². The molecule has 3 aromatic rings. The Morgan fingerprint density at radius 3 is 2.75 bits per heavy atom. The van der Waals surface area contributed by atoms with Crippen LogP contribution in [0.15, 0.2) is 83.6 Å². The van der Waals surface area contributed by atoms with E-state index in [0.717, 1.165) is 47.5 Å². The lowest BCUT2D eigenvalue weighted by atomic mass is 9.94. The first-order valence-corrected chi connectivity index (χ1v) is 9.83. The summed E-state index contributed by atoms with van der Waals surface area (Å²) in [6.45, 7) is 3.55. The van der Waals surface area contributed by atoms with Gasteiger partial charge in [0.05, 0.1) is 12.3 Å². The molecule has 0 saturated heterocycles. The maximum absolute atomic E-state index is 5.81. The molecule has 0 aliphatic carbocycles. The summed E-state index contributed by atoms with van der Waals surface area (Å²) < 4.78 is 5.81. The van der Waals surface area contributed by atoms with E-state index in [1.807, 2.05) is 31.3 Å². The molecular formula is C25H24N2O. The van der Waals surface area contributed by atoms with Crippen molar-refractivity contribution in [1.82, 2.24) is 4.98 Å². The van der Waals surface area contributed by atoms with Crippen LogP contribution < -0.4 is 4.74 Å². The normalized spacial score (nSPS) is 15.3. The average Bonchev–Trinajstić information content (AvgIpc) is 2.76. The minimum Gasteiger partial charge on any atom is -0.493 e. The molecule has 140 valence electrons. The van der Waals surface area contributed by atoms with Gasteiger partial charge in [-0.15, -0.1) is 0 Å². The fraction of sp³-hybridized carbons (Fsp3) is 0.200. The van der Waals surface area contributed by atoms with Crippen LogP contribution in [0.25, 0.3) is 17.2 Å². The number of aromatic nitrogens is 1. The molecule has 1 aliphatic heterocycles. The largest absolute Gasteiger partial charge is 0.493 e. The molecule has 4 rings (SSSR count). The van der Waals surface area contributed by atoms with Crippen LogP contribution in [-0.4, -0.2) is 23.8 Å². The summed E-state index contributed by atoms with van der Waals surface area (Å²) >= 11 is 0. The highest BCUT2D eigenvalue weighted by molar-refractivity contribution is 6.15. The molecule has 2 aromatic carbocycles. The summed E-state index contributed by atoms with van der Waals surface area (Å²) in [7, 11) is 0. The molecule has 0 N–H and O–H groups in total. The molecule has 1 aliphatic rings. The van der Waals surface area contributed by atoms with E-state index in [-0.39, 0.29) is 0 Å². The maximum atomic E-state index is 5.81. The third-order valence-corrected chi connectivity index (χ3v) is 4.84. The van der Waals surface area contributed by atoms with Gasteiger partial charge in [0.2, 0.25) is 0 Å². The zero-order chi connectivity index (χ0) is 19.2. The van der Waals surface area contributed by atoms with Crippen molar-refractivity contribution in [2.75, 3.05) is 13.2 Å². The first-order chi connectivity index (χ1) is 13.8. The van der Waals surface area contributed by atoms with E-state index in [1.54, 1.807) is 6.20 Å². The van der Waals surface area contributed by atoms with Crippen LogP contribution in [0.5, 0.6) is 5.75 Å². The number of hydrogen-bond donors (Lipinski definition) is 0. The van der Waals surface area contributed by atoms with Gasteiger partial charge in [-0.25, -0.2) is 0 Å². The fourth-order valence-electron chi connectivity index (χ4n) is 3.58. The average molecular weight is 368 g/mol. The van der Waals surface area contributed by atoms with Crippen molar-refractivity contribution in [1.29, 1.82) is 0 Å². The Bertz CT molecular complexity index is 1010. The van der Waals surface area contributed by atoms with Gasteiger partial charge in [0.15, 0.2) is 0 Å². The Labute approximate surface area is 166 Å². The van der Waals surface area contributed by atoms with Crippen molar-refractivity contribution in [3.05, 3.63) is 89.8 Å². The highest BCUT2D eigenvalue weighted by atomic mass is 16.5. The Kier molecular flexibility index (Phi) is 5.62. The van der Waals surface area contributed by atoms with E-state index < -0.39 is 0 Å². The Morgan fingerprint density at radius 2 is 1.89 bits per heavy atom. The predicted octanol–water partition coefficient (Wildman–Crippen LogP) is 5.81. The number of benzene rings is 2. The minimum absolute atomic E-state index is 0.658. The Balaban J connectivity index is 1.70. The van der Waals surface area contributed by atoms with E-state index in [0.29, 0.717) is 6.61 Å². The van der Waals surface area contributed by atoms with Crippen molar-refractivity contribution in [3.8, 4) is 16.9 Å². The molecule has 1 aromatic heterocycles. The van der Waals surface area contributed by atoms with Crippen molar-refractivity contribution >= 4 is 11.8 Å². The smallest absolute Gasteiger partial charge is 0.127 e. The number of hydrogen-bond acceptors (Lipinski definition) is 3. The Hall–Kier alpha value is -3.20. The highest BCUT2D eigenvalue weighted by Gasteiger charge is 2.14. The number of aliphatic imine (C=N–C) groups is 1. The topological polar surface area (TPSA) is 34.5 Å². The second-order valence-electron chi connectivity index (χ2n) is 6.80. The van der Waals surface area contributed by atoms with Gasteiger partial charge in [-0.05, 0) is 66.8 Å². The van der Waals surface area contributed by atoms with Gasteiger partial charge in [0, 0.05) is 30.1 Å². The Morgan fingerprint density at radius 1 is 1.00 bits per heavy atom. The summed E-state index contributed by atoms with van der Waals surface area (Å²) in [5, 5.41) is 0. The lowest BCUT2D eigenvalue weighted by molar-refractivity contribution is 0.341. The van der Waals surface area contributed by atoms with Crippen molar-refractivity contribution in [2.24, 2.45) is 4.99 Å². The number of allylic oxidation sites excluding steroid dienone is 1. The van der Waals surface area contributed by atoms with E-state index in [1.165, 1.54) is 11.1 Å². The SMILES string of the molecule is CCOc1ccccc1-c1cccc(/C=C2\CCCN=C2c2cccnc2)c1. The third kappa shape index (κ3) is 4.04. The van der Waals surface area contributed by atoms with Crippen molar-refractivity contribution in [3.63, 3.8) is 0 Å². The number of ether oxygens (including phenoxy) is 1. The van der Waals surface area contributed by atoms with E-state index in [2.05, 4.69) is 53.5 Å². The molecule has 2 heterocycles. The predicted molar refractivity (Wildman–Crippen MR) is 116 cm³/mol. The molecule has 28 heavy (non-hydrogen) atoms. The summed E-state index contributed by atoms with van der Waals surface area (Å²) in [4.78, 5) is 9.05. The molecule has 0 unspecified atom stereocenters. The fourth-order valence-corrected chi connectivity index (χ4v) is 3.58. The number of para-hydroxylation sites is 1. The molecule has 0 bridgehead atoms. The highest BCUT2D eigenvalue weighted by Crippen LogP contribution is 2.31.